The van der Waals surface area contributed by atoms with Crippen LogP contribution in [0.5, 0.6) is 0 Å². The van der Waals surface area contributed by atoms with E-state index in [1.54, 1.807) is 17.5 Å². The van der Waals surface area contributed by atoms with Gasteiger partial charge in [0.05, 0.1) is 16.3 Å². The van der Waals surface area contributed by atoms with Gasteiger partial charge in [-0.25, -0.2) is 9.97 Å². The summed E-state index contributed by atoms with van der Waals surface area (Å²) in [7, 11) is 0. The Morgan fingerprint density at radius 3 is 2.77 bits per heavy atom. The van der Waals surface area contributed by atoms with Crippen molar-refractivity contribution in [3.63, 3.8) is 0 Å². The molecular formula is C19H27N5OS. The second-order valence-electron chi connectivity index (χ2n) is 7.01. The number of aromatic nitrogens is 2. The minimum atomic E-state index is 0.0694. The molecule has 1 N–H and O–H groups in total. The van der Waals surface area contributed by atoms with Crippen LogP contribution in [0.4, 0.5) is 5.82 Å². The lowest BCUT2D eigenvalue weighted by atomic mass is 10.2. The van der Waals surface area contributed by atoms with E-state index >= 15 is 0 Å². The third-order valence-electron chi connectivity index (χ3n) is 4.37. The summed E-state index contributed by atoms with van der Waals surface area (Å²) in [5, 5.41) is 6.48. The number of pyridine rings is 1. The van der Waals surface area contributed by atoms with Gasteiger partial charge in [0.25, 0.3) is 5.91 Å². The maximum Gasteiger partial charge on any atom is 0.255 e. The Hall–Kier alpha value is -1.99. The van der Waals surface area contributed by atoms with Crippen molar-refractivity contribution in [3.8, 4) is 0 Å². The van der Waals surface area contributed by atoms with E-state index in [2.05, 4.69) is 39.4 Å². The first-order chi connectivity index (χ1) is 12.5. The monoisotopic (exact) mass is 373 g/mol. The zero-order valence-electron chi connectivity index (χ0n) is 15.7. The highest BCUT2D eigenvalue weighted by Gasteiger charge is 2.21. The Labute approximate surface area is 159 Å². The van der Waals surface area contributed by atoms with Gasteiger partial charge in [0, 0.05) is 50.3 Å². The third kappa shape index (κ3) is 5.02. The summed E-state index contributed by atoms with van der Waals surface area (Å²) in [5.74, 6) is 0.872. The molecule has 1 aliphatic heterocycles. The van der Waals surface area contributed by atoms with Crippen molar-refractivity contribution >= 4 is 23.1 Å². The lowest BCUT2D eigenvalue weighted by Gasteiger charge is -2.21. The number of amides is 1. The normalized spacial score (nSPS) is 15.9. The van der Waals surface area contributed by atoms with Gasteiger partial charge in [-0.3, -0.25) is 9.69 Å². The highest BCUT2D eigenvalue weighted by molar-refractivity contribution is 7.09. The van der Waals surface area contributed by atoms with Gasteiger partial charge in [-0.1, -0.05) is 0 Å². The first kappa shape index (κ1) is 18.8. The number of hydrogen-bond acceptors (Lipinski definition) is 6. The minimum absolute atomic E-state index is 0.0694. The van der Waals surface area contributed by atoms with Crippen molar-refractivity contribution < 1.29 is 4.79 Å². The molecule has 7 heteroatoms. The number of nitrogens with one attached hydrogen (secondary N) is 1. The van der Waals surface area contributed by atoms with Crippen molar-refractivity contribution in [2.75, 3.05) is 31.5 Å². The molecule has 0 saturated carbocycles. The minimum Gasteiger partial charge on any atom is -0.368 e. The molecule has 0 aliphatic carbocycles. The quantitative estimate of drug-likeness (QED) is 0.873. The van der Waals surface area contributed by atoms with Crippen LogP contribution in [0.3, 0.4) is 0 Å². The van der Waals surface area contributed by atoms with Crippen molar-refractivity contribution in [3.05, 3.63) is 40.0 Å². The fourth-order valence-electron chi connectivity index (χ4n) is 3.13. The largest absolute Gasteiger partial charge is 0.368 e. The number of thiazole rings is 1. The highest BCUT2D eigenvalue weighted by atomic mass is 32.1. The van der Waals surface area contributed by atoms with Gasteiger partial charge < -0.3 is 10.2 Å². The Bertz CT molecular complexity index is 728. The first-order valence-electron chi connectivity index (χ1n) is 9.16. The highest BCUT2D eigenvalue weighted by Crippen LogP contribution is 2.14. The van der Waals surface area contributed by atoms with Gasteiger partial charge >= 0.3 is 0 Å². The van der Waals surface area contributed by atoms with E-state index < -0.39 is 0 Å². The summed E-state index contributed by atoms with van der Waals surface area (Å²) in [6.07, 6.45) is 2.66. The summed E-state index contributed by atoms with van der Waals surface area (Å²) in [4.78, 5) is 26.0. The van der Waals surface area contributed by atoms with E-state index in [0.717, 1.165) is 55.7 Å². The second-order valence-corrected chi connectivity index (χ2v) is 8.07. The van der Waals surface area contributed by atoms with E-state index in [0.29, 0.717) is 11.6 Å². The lowest BCUT2D eigenvalue weighted by molar-refractivity contribution is 0.0760. The maximum atomic E-state index is 12.8. The zero-order valence-corrected chi connectivity index (χ0v) is 16.6. The number of carbonyl (C=O) groups is 1. The molecule has 1 aliphatic rings. The van der Waals surface area contributed by atoms with E-state index in [1.807, 2.05) is 24.0 Å². The van der Waals surface area contributed by atoms with Crippen LogP contribution >= 0.6 is 11.3 Å². The third-order valence-corrected chi connectivity index (χ3v) is 5.20. The van der Waals surface area contributed by atoms with Gasteiger partial charge in [0.2, 0.25) is 0 Å². The van der Waals surface area contributed by atoms with Crippen LogP contribution < -0.4 is 5.32 Å². The number of nitrogens with zero attached hydrogens (tertiary/aromatic N) is 4. The average molecular weight is 374 g/mol. The summed E-state index contributed by atoms with van der Waals surface area (Å²) < 4.78 is 0. The van der Waals surface area contributed by atoms with Crippen LogP contribution in [0.2, 0.25) is 0 Å². The molecule has 0 atom stereocenters. The van der Waals surface area contributed by atoms with Gasteiger partial charge in [-0.2, -0.15) is 0 Å². The molecule has 0 spiro atoms. The zero-order chi connectivity index (χ0) is 18.5. The summed E-state index contributed by atoms with van der Waals surface area (Å²) in [6, 6.07) is 4.06. The number of anilines is 1. The van der Waals surface area contributed by atoms with E-state index in [9.17, 15) is 4.79 Å². The van der Waals surface area contributed by atoms with E-state index in [1.165, 1.54) is 0 Å². The molecular weight excluding hydrogens is 346 g/mol. The second kappa shape index (κ2) is 8.60. The molecule has 0 radical (unpaired) electrons. The van der Waals surface area contributed by atoms with Crippen LogP contribution in [0, 0.1) is 6.92 Å². The van der Waals surface area contributed by atoms with Gasteiger partial charge in [-0.05, 0) is 39.3 Å². The molecule has 2 aromatic heterocycles. The molecule has 3 rings (SSSR count). The molecule has 0 bridgehead atoms. The maximum absolute atomic E-state index is 12.8. The van der Waals surface area contributed by atoms with Crippen LogP contribution in [0.15, 0.2) is 23.7 Å². The summed E-state index contributed by atoms with van der Waals surface area (Å²) in [5.41, 5.74) is 1.78. The topological polar surface area (TPSA) is 61.4 Å². The fourth-order valence-corrected chi connectivity index (χ4v) is 3.73. The molecule has 0 aromatic carbocycles. The fraction of sp³-hybridized carbons (Fsp3) is 0.526. The lowest BCUT2D eigenvalue weighted by Crippen LogP contribution is -2.35. The van der Waals surface area contributed by atoms with Crippen LogP contribution in [-0.4, -0.2) is 57.9 Å². The van der Waals surface area contributed by atoms with Crippen LogP contribution in [-0.2, 0) is 6.54 Å². The molecule has 1 amide bonds. The standard InChI is InChI=1S/C19H27N5OS/c1-14(2)21-18-6-5-16(11-20-18)19(25)24-8-4-7-23(9-10-24)12-17-13-26-15(3)22-17/h5-6,11,13-14H,4,7-10,12H2,1-3H3,(H,20,21). The Balaban J connectivity index is 1.56. The van der Waals surface area contributed by atoms with Crippen molar-refractivity contribution in [2.24, 2.45) is 0 Å². The number of carbonyl (C=O) groups excluding carboxylic acids is 1. The van der Waals surface area contributed by atoms with Gasteiger partial charge in [0.1, 0.15) is 5.82 Å². The molecule has 1 fully saturated rings. The molecule has 6 nitrogen and oxygen atoms in total. The molecule has 140 valence electrons. The van der Waals surface area contributed by atoms with E-state index in [4.69, 9.17) is 0 Å². The van der Waals surface area contributed by atoms with Crippen LogP contribution in [0.25, 0.3) is 0 Å². The smallest absolute Gasteiger partial charge is 0.255 e. The molecule has 1 saturated heterocycles. The molecule has 0 unspecified atom stereocenters. The predicted molar refractivity (Wildman–Crippen MR) is 106 cm³/mol. The van der Waals surface area contributed by atoms with Gasteiger partial charge in [-0.15, -0.1) is 11.3 Å². The SMILES string of the molecule is Cc1nc(CN2CCCN(C(=O)c3ccc(NC(C)C)nc3)CC2)cs1. The molecule has 3 heterocycles. The summed E-state index contributed by atoms with van der Waals surface area (Å²) in [6.45, 7) is 10.4. The summed E-state index contributed by atoms with van der Waals surface area (Å²) >= 11 is 1.69. The van der Waals surface area contributed by atoms with Crippen LogP contribution in [0.1, 0.15) is 41.3 Å². The Morgan fingerprint density at radius 1 is 1.27 bits per heavy atom. The average Bonchev–Trinajstić information content (AvgIpc) is 2.88. The number of aryl methyl sites for hydroxylation is 1. The van der Waals surface area contributed by atoms with Crippen molar-refractivity contribution in [2.45, 2.75) is 39.8 Å². The van der Waals surface area contributed by atoms with Crippen molar-refractivity contribution in [1.29, 1.82) is 0 Å². The first-order valence-corrected chi connectivity index (χ1v) is 10.0. The number of hydrogen-bond donors (Lipinski definition) is 1. The van der Waals surface area contributed by atoms with E-state index in [-0.39, 0.29) is 5.91 Å². The molecule has 26 heavy (non-hydrogen) atoms. The number of rotatable bonds is 5. The van der Waals surface area contributed by atoms with Crippen molar-refractivity contribution in [1.82, 2.24) is 19.8 Å². The Kier molecular flexibility index (Phi) is 6.21. The van der Waals surface area contributed by atoms with Gasteiger partial charge in [0.15, 0.2) is 0 Å². The molecule has 2 aromatic rings. The predicted octanol–water partition coefficient (Wildman–Crippen LogP) is 3.01. The Morgan fingerprint density at radius 2 is 2.12 bits per heavy atom.